The number of methoxy groups -OCH3 is 1. The number of hydrogen-bond donors (Lipinski definition) is 1. The zero-order valence-electron chi connectivity index (χ0n) is 14.2. The van der Waals surface area contributed by atoms with Crippen LogP contribution in [0.5, 0.6) is 0 Å². The Morgan fingerprint density at radius 1 is 1.28 bits per heavy atom. The Balaban J connectivity index is 1.83. The average molecular weight is 340 g/mol. The number of ether oxygens (including phenoxy) is 1. The summed E-state index contributed by atoms with van der Waals surface area (Å²) in [4.78, 5) is 22.4. The molecule has 0 aliphatic rings. The maximum absolute atomic E-state index is 12.0. The zero-order chi connectivity index (χ0) is 17.6. The van der Waals surface area contributed by atoms with Crippen LogP contribution in [-0.2, 0) is 9.53 Å². The molecule has 0 bridgehead atoms. The average Bonchev–Trinajstić information content (AvgIpc) is 3.06. The van der Waals surface area contributed by atoms with Crippen LogP contribution in [0.4, 0.5) is 5.82 Å². The number of fused-ring (bicyclic) bond motifs is 1. The first kappa shape index (κ1) is 16.8. The monoisotopic (exact) mass is 340 g/mol. The lowest BCUT2D eigenvalue weighted by molar-refractivity contribution is -0.119. The maximum atomic E-state index is 12.0. The van der Waals surface area contributed by atoms with E-state index in [1.54, 1.807) is 22.9 Å². The quantitative estimate of drug-likeness (QED) is 0.646. The van der Waals surface area contributed by atoms with E-state index in [0.29, 0.717) is 24.6 Å². The zero-order valence-corrected chi connectivity index (χ0v) is 14.2. The Labute approximate surface area is 145 Å². The molecule has 8 heteroatoms. The largest absolute Gasteiger partial charge is 0.383 e. The molecular weight excluding hydrogens is 320 g/mol. The molecule has 0 spiro atoms. The van der Waals surface area contributed by atoms with Gasteiger partial charge in [0.25, 0.3) is 0 Å². The van der Waals surface area contributed by atoms with Crippen LogP contribution in [-0.4, -0.2) is 59.5 Å². The van der Waals surface area contributed by atoms with Crippen molar-refractivity contribution < 1.29 is 9.53 Å². The molecule has 2 aromatic heterocycles. The standard InChI is InChI=1S/C17H20N6O2/c1-22(11-15(24)18-8-9-25-2)16-14-10-21-23(17(14)20-12-19-16)13-6-4-3-5-7-13/h3-7,10,12H,8-9,11H2,1-2H3,(H,18,24). The number of carbonyl (C=O) groups excluding carboxylic acids is 1. The molecule has 2 heterocycles. The molecule has 1 N–H and O–H groups in total. The van der Waals surface area contributed by atoms with E-state index in [4.69, 9.17) is 4.74 Å². The van der Waals surface area contributed by atoms with Gasteiger partial charge in [-0.2, -0.15) is 5.10 Å². The minimum Gasteiger partial charge on any atom is -0.383 e. The van der Waals surface area contributed by atoms with E-state index >= 15 is 0 Å². The summed E-state index contributed by atoms with van der Waals surface area (Å²) < 4.78 is 6.68. The predicted octanol–water partition coefficient (Wildman–Crippen LogP) is 1.01. The highest BCUT2D eigenvalue weighted by Gasteiger charge is 2.15. The number of aromatic nitrogens is 4. The van der Waals surface area contributed by atoms with Gasteiger partial charge in [-0.15, -0.1) is 0 Å². The van der Waals surface area contributed by atoms with Crippen molar-refractivity contribution in [1.82, 2.24) is 25.1 Å². The van der Waals surface area contributed by atoms with Crippen LogP contribution in [0.15, 0.2) is 42.9 Å². The van der Waals surface area contributed by atoms with Gasteiger partial charge in [0, 0.05) is 20.7 Å². The third kappa shape index (κ3) is 3.74. The first-order valence-corrected chi connectivity index (χ1v) is 7.91. The summed E-state index contributed by atoms with van der Waals surface area (Å²) in [5.74, 6) is 0.566. The van der Waals surface area contributed by atoms with Gasteiger partial charge in [0.2, 0.25) is 5.91 Å². The van der Waals surface area contributed by atoms with E-state index in [2.05, 4.69) is 20.4 Å². The molecule has 1 aromatic carbocycles. The van der Waals surface area contributed by atoms with Crippen molar-refractivity contribution in [3.63, 3.8) is 0 Å². The number of rotatable bonds is 7. The van der Waals surface area contributed by atoms with Crippen LogP contribution in [0.3, 0.4) is 0 Å². The summed E-state index contributed by atoms with van der Waals surface area (Å²) in [6.07, 6.45) is 3.20. The number of nitrogens with zero attached hydrogens (tertiary/aromatic N) is 5. The molecule has 0 aliphatic carbocycles. The van der Waals surface area contributed by atoms with Crippen LogP contribution < -0.4 is 10.2 Å². The minimum atomic E-state index is -0.0956. The molecule has 0 unspecified atom stereocenters. The van der Waals surface area contributed by atoms with Crippen molar-refractivity contribution in [2.75, 3.05) is 38.8 Å². The van der Waals surface area contributed by atoms with Crippen molar-refractivity contribution in [2.45, 2.75) is 0 Å². The highest BCUT2D eigenvalue weighted by Crippen LogP contribution is 2.23. The summed E-state index contributed by atoms with van der Waals surface area (Å²) in [6.45, 7) is 1.15. The number of likely N-dealkylation sites (N-methyl/N-ethyl adjacent to an activating group) is 1. The third-order valence-corrected chi connectivity index (χ3v) is 3.72. The van der Waals surface area contributed by atoms with E-state index in [-0.39, 0.29) is 12.5 Å². The molecule has 0 saturated carbocycles. The Morgan fingerprint density at radius 3 is 2.84 bits per heavy atom. The van der Waals surface area contributed by atoms with Gasteiger partial charge in [0.05, 0.1) is 30.4 Å². The second-order valence-corrected chi connectivity index (χ2v) is 5.53. The number of hydrogen-bond acceptors (Lipinski definition) is 6. The lowest BCUT2D eigenvalue weighted by atomic mass is 10.3. The highest BCUT2D eigenvalue weighted by molar-refractivity contribution is 5.90. The Bertz CT molecular complexity index is 849. The molecule has 0 atom stereocenters. The van der Waals surface area contributed by atoms with Crippen LogP contribution in [0.25, 0.3) is 16.7 Å². The van der Waals surface area contributed by atoms with Gasteiger partial charge >= 0.3 is 0 Å². The van der Waals surface area contributed by atoms with Crippen LogP contribution in [0.2, 0.25) is 0 Å². The van der Waals surface area contributed by atoms with Crippen molar-refractivity contribution in [3.8, 4) is 5.69 Å². The van der Waals surface area contributed by atoms with E-state index in [0.717, 1.165) is 11.1 Å². The molecule has 0 fully saturated rings. The lowest BCUT2D eigenvalue weighted by Crippen LogP contribution is -2.37. The highest BCUT2D eigenvalue weighted by atomic mass is 16.5. The van der Waals surface area contributed by atoms with Crippen LogP contribution >= 0.6 is 0 Å². The van der Waals surface area contributed by atoms with Crippen molar-refractivity contribution in [3.05, 3.63) is 42.9 Å². The number of nitrogens with one attached hydrogen (secondary N) is 1. The summed E-state index contributed by atoms with van der Waals surface area (Å²) >= 11 is 0. The normalized spacial score (nSPS) is 10.8. The molecule has 3 aromatic rings. The van der Waals surface area contributed by atoms with Gasteiger partial charge in [0.1, 0.15) is 12.1 Å². The van der Waals surface area contributed by atoms with Crippen molar-refractivity contribution in [1.29, 1.82) is 0 Å². The molecule has 3 rings (SSSR count). The number of amides is 1. The third-order valence-electron chi connectivity index (χ3n) is 3.72. The molecule has 0 aliphatic heterocycles. The predicted molar refractivity (Wildman–Crippen MR) is 94.8 cm³/mol. The molecular formula is C17H20N6O2. The number of benzene rings is 1. The topological polar surface area (TPSA) is 85.2 Å². The molecule has 1 amide bonds. The summed E-state index contributed by atoms with van der Waals surface area (Å²) in [6, 6.07) is 9.76. The summed E-state index contributed by atoms with van der Waals surface area (Å²) in [7, 11) is 3.41. The van der Waals surface area contributed by atoms with Crippen molar-refractivity contribution >= 4 is 22.8 Å². The van der Waals surface area contributed by atoms with Gasteiger partial charge < -0.3 is 15.0 Å². The first-order chi connectivity index (χ1) is 12.2. The lowest BCUT2D eigenvalue weighted by Gasteiger charge is -2.18. The molecule has 8 nitrogen and oxygen atoms in total. The fraction of sp³-hybridized carbons (Fsp3) is 0.294. The van der Waals surface area contributed by atoms with Gasteiger partial charge in [-0.05, 0) is 12.1 Å². The van der Waals surface area contributed by atoms with E-state index in [1.165, 1.54) is 6.33 Å². The number of para-hydroxylation sites is 1. The molecule has 0 saturated heterocycles. The van der Waals surface area contributed by atoms with Gasteiger partial charge in [0.15, 0.2) is 5.65 Å². The Kier molecular flexibility index (Phi) is 5.20. The SMILES string of the molecule is COCCNC(=O)CN(C)c1ncnc2c1cnn2-c1ccccc1. The van der Waals surface area contributed by atoms with Gasteiger partial charge in [-0.3, -0.25) is 4.79 Å². The Morgan fingerprint density at radius 2 is 2.08 bits per heavy atom. The number of anilines is 1. The second-order valence-electron chi connectivity index (χ2n) is 5.53. The summed E-state index contributed by atoms with van der Waals surface area (Å²) in [5, 5.41) is 8.00. The van der Waals surface area contributed by atoms with Crippen LogP contribution in [0.1, 0.15) is 0 Å². The van der Waals surface area contributed by atoms with E-state index in [1.807, 2.05) is 37.4 Å². The Hall–Kier alpha value is -3.00. The molecule has 0 radical (unpaired) electrons. The van der Waals surface area contributed by atoms with E-state index < -0.39 is 0 Å². The van der Waals surface area contributed by atoms with E-state index in [9.17, 15) is 4.79 Å². The smallest absolute Gasteiger partial charge is 0.239 e. The fourth-order valence-corrected chi connectivity index (χ4v) is 2.53. The number of carbonyl (C=O) groups is 1. The fourth-order valence-electron chi connectivity index (χ4n) is 2.53. The molecule has 130 valence electrons. The van der Waals surface area contributed by atoms with Crippen LogP contribution in [0, 0.1) is 0 Å². The van der Waals surface area contributed by atoms with Gasteiger partial charge in [-0.25, -0.2) is 14.6 Å². The molecule has 25 heavy (non-hydrogen) atoms. The second kappa shape index (κ2) is 7.71. The maximum Gasteiger partial charge on any atom is 0.239 e. The van der Waals surface area contributed by atoms with Gasteiger partial charge in [-0.1, -0.05) is 18.2 Å². The minimum absolute atomic E-state index is 0.0956. The van der Waals surface area contributed by atoms with Crippen molar-refractivity contribution in [2.24, 2.45) is 0 Å². The first-order valence-electron chi connectivity index (χ1n) is 7.91. The summed E-state index contributed by atoms with van der Waals surface area (Å²) in [5.41, 5.74) is 1.62.